The zero-order chi connectivity index (χ0) is 16.2. The molecule has 2 aromatic heterocycles. The number of thioether (sulfide) groups is 1. The molecule has 0 saturated carbocycles. The first kappa shape index (κ1) is 15.6. The van der Waals surface area contributed by atoms with Crippen LogP contribution in [0.15, 0.2) is 45.7 Å². The molecular formula is C15H13N3O3S2. The Labute approximate surface area is 139 Å². The number of carbonyl (C=O) groups is 1. The van der Waals surface area contributed by atoms with Gasteiger partial charge in [0.15, 0.2) is 5.16 Å². The number of amides is 1. The number of fused-ring (bicyclic) bond motifs is 1. The van der Waals surface area contributed by atoms with Gasteiger partial charge in [-0.2, -0.15) is 0 Å². The second-order valence-electron chi connectivity index (χ2n) is 4.58. The van der Waals surface area contributed by atoms with Gasteiger partial charge in [0.1, 0.15) is 10.6 Å². The van der Waals surface area contributed by atoms with E-state index in [9.17, 15) is 9.59 Å². The maximum atomic E-state index is 12.0. The molecule has 0 atom stereocenters. The molecule has 0 aliphatic rings. The predicted octanol–water partition coefficient (Wildman–Crippen LogP) is 2.72. The summed E-state index contributed by atoms with van der Waals surface area (Å²) in [6.07, 6.45) is 0. The highest BCUT2D eigenvalue weighted by Crippen LogP contribution is 2.20. The summed E-state index contributed by atoms with van der Waals surface area (Å²) in [5.41, 5.74) is 0.470. The summed E-state index contributed by atoms with van der Waals surface area (Å²) in [7, 11) is 1.57. The van der Waals surface area contributed by atoms with Crippen LogP contribution >= 0.6 is 23.1 Å². The first-order chi connectivity index (χ1) is 11.2. The molecular weight excluding hydrogens is 334 g/mol. The summed E-state index contributed by atoms with van der Waals surface area (Å²) in [6.45, 7) is 0. The van der Waals surface area contributed by atoms with Crippen molar-refractivity contribution in [2.75, 3.05) is 18.2 Å². The lowest BCUT2D eigenvalue weighted by Gasteiger charge is -2.06. The molecule has 0 aliphatic heterocycles. The molecule has 0 fully saturated rings. The fourth-order valence-corrected chi connectivity index (χ4v) is 3.43. The molecule has 1 amide bonds. The van der Waals surface area contributed by atoms with Gasteiger partial charge in [-0.3, -0.25) is 9.59 Å². The number of rotatable bonds is 5. The Morgan fingerprint density at radius 3 is 3.13 bits per heavy atom. The van der Waals surface area contributed by atoms with Crippen LogP contribution < -0.4 is 15.6 Å². The summed E-state index contributed by atoms with van der Waals surface area (Å²) in [5, 5.41) is 5.60. The Morgan fingerprint density at radius 1 is 1.43 bits per heavy atom. The Hall–Kier alpha value is -2.32. The SMILES string of the molecule is COc1cccc(NC(=O)CSc2nc3sccc3c(=O)[nH]2)c1. The van der Waals surface area contributed by atoms with E-state index < -0.39 is 0 Å². The number of thiophene rings is 1. The van der Waals surface area contributed by atoms with Gasteiger partial charge in [0.05, 0.1) is 18.2 Å². The van der Waals surface area contributed by atoms with E-state index in [4.69, 9.17) is 4.74 Å². The van der Waals surface area contributed by atoms with Gasteiger partial charge in [0, 0.05) is 11.8 Å². The van der Waals surface area contributed by atoms with Gasteiger partial charge in [-0.15, -0.1) is 11.3 Å². The van der Waals surface area contributed by atoms with Crippen molar-refractivity contribution in [1.82, 2.24) is 9.97 Å². The lowest BCUT2D eigenvalue weighted by atomic mass is 10.3. The van der Waals surface area contributed by atoms with Crippen LogP contribution in [0.5, 0.6) is 5.75 Å². The molecule has 3 rings (SSSR count). The largest absolute Gasteiger partial charge is 0.497 e. The van der Waals surface area contributed by atoms with Gasteiger partial charge in [-0.25, -0.2) is 4.98 Å². The Morgan fingerprint density at radius 2 is 2.30 bits per heavy atom. The highest BCUT2D eigenvalue weighted by molar-refractivity contribution is 7.99. The number of anilines is 1. The minimum absolute atomic E-state index is 0.150. The van der Waals surface area contributed by atoms with Crippen molar-refractivity contribution in [3.63, 3.8) is 0 Å². The highest BCUT2D eigenvalue weighted by Gasteiger charge is 2.09. The van der Waals surface area contributed by atoms with Crippen molar-refractivity contribution in [3.8, 4) is 5.75 Å². The predicted molar refractivity (Wildman–Crippen MR) is 92.6 cm³/mol. The average Bonchev–Trinajstić information content (AvgIpc) is 3.02. The number of hydrogen-bond acceptors (Lipinski definition) is 6. The molecule has 0 radical (unpaired) electrons. The topological polar surface area (TPSA) is 84.1 Å². The molecule has 0 unspecified atom stereocenters. The summed E-state index contributed by atoms with van der Waals surface area (Å²) in [4.78, 5) is 31.5. The van der Waals surface area contributed by atoms with Crippen molar-refractivity contribution < 1.29 is 9.53 Å². The number of H-pyrrole nitrogens is 1. The van der Waals surface area contributed by atoms with E-state index in [1.165, 1.54) is 23.1 Å². The van der Waals surface area contributed by atoms with E-state index >= 15 is 0 Å². The quantitative estimate of drug-likeness (QED) is 0.548. The summed E-state index contributed by atoms with van der Waals surface area (Å²) < 4.78 is 5.11. The first-order valence-corrected chi connectivity index (χ1v) is 8.56. The lowest BCUT2D eigenvalue weighted by Crippen LogP contribution is -2.15. The third-order valence-electron chi connectivity index (χ3n) is 3.01. The molecule has 6 nitrogen and oxygen atoms in total. The molecule has 0 saturated heterocycles. The number of aromatic nitrogens is 2. The van der Waals surface area contributed by atoms with Crippen molar-refractivity contribution in [3.05, 3.63) is 46.1 Å². The van der Waals surface area contributed by atoms with E-state index in [0.717, 1.165) is 0 Å². The van der Waals surface area contributed by atoms with Crippen molar-refractivity contribution in [2.24, 2.45) is 0 Å². The van der Waals surface area contributed by atoms with Gasteiger partial charge >= 0.3 is 0 Å². The Balaban J connectivity index is 1.64. The van der Waals surface area contributed by atoms with Gasteiger partial charge in [0.25, 0.3) is 5.56 Å². The molecule has 118 valence electrons. The van der Waals surface area contributed by atoms with E-state index in [0.29, 0.717) is 26.8 Å². The molecule has 0 aliphatic carbocycles. The van der Waals surface area contributed by atoms with E-state index in [1.54, 1.807) is 37.4 Å². The Bertz CT molecular complexity index is 904. The van der Waals surface area contributed by atoms with Crippen molar-refractivity contribution in [1.29, 1.82) is 0 Å². The van der Waals surface area contributed by atoms with E-state index in [-0.39, 0.29) is 17.2 Å². The fourth-order valence-electron chi connectivity index (χ4n) is 1.95. The van der Waals surface area contributed by atoms with Crippen LogP contribution in [0.4, 0.5) is 5.69 Å². The summed E-state index contributed by atoms with van der Waals surface area (Å²) in [5.74, 6) is 0.638. The Kier molecular flexibility index (Phi) is 4.63. The molecule has 0 bridgehead atoms. The van der Waals surface area contributed by atoms with Crippen molar-refractivity contribution in [2.45, 2.75) is 5.16 Å². The van der Waals surface area contributed by atoms with Crippen LogP contribution in [0.2, 0.25) is 0 Å². The second-order valence-corrected chi connectivity index (χ2v) is 6.44. The number of nitrogens with zero attached hydrogens (tertiary/aromatic N) is 1. The van der Waals surface area contributed by atoms with Gasteiger partial charge in [0.2, 0.25) is 5.91 Å². The number of aromatic amines is 1. The third kappa shape index (κ3) is 3.72. The molecule has 2 N–H and O–H groups in total. The smallest absolute Gasteiger partial charge is 0.260 e. The standard InChI is InChI=1S/C15H13N3O3S2/c1-21-10-4-2-3-9(7-10)16-12(19)8-23-15-17-13(20)11-5-6-22-14(11)18-15/h2-7H,8H2,1H3,(H,16,19)(H,17,18,20). The molecule has 1 aromatic carbocycles. The number of methoxy groups -OCH3 is 1. The third-order valence-corrected chi connectivity index (χ3v) is 4.69. The molecule has 0 spiro atoms. The van der Waals surface area contributed by atoms with Crippen LogP contribution in [-0.2, 0) is 4.79 Å². The minimum Gasteiger partial charge on any atom is -0.497 e. The zero-order valence-corrected chi connectivity index (χ0v) is 13.8. The van der Waals surface area contributed by atoms with Crippen LogP contribution in [-0.4, -0.2) is 28.7 Å². The second kappa shape index (κ2) is 6.84. The van der Waals surface area contributed by atoms with Crippen molar-refractivity contribution >= 4 is 44.9 Å². The number of benzene rings is 1. The van der Waals surface area contributed by atoms with Gasteiger partial charge in [-0.05, 0) is 23.6 Å². The van der Waals surface area contributed by atoms with E-state index in [2.05, 4.69) is 15.3 Å². The van der Waals surface area contributed by atoms with Gasteiger partial charge in [-0.1, -0.05) is 17.8 Å². The summed E-state index contributed by atoms with van der Waals surface area (Å²) in [6, 6.07) is 8.85. The maximum Gasteiger partial charge on any atom is 0.260 e. The number of ether oxygens (including phenoxy) is 1. The minimum atomic E-state index is -0.188. The highest BCUT2D eigenvalue weighted by atomic mass is 32.2. The number of nitrogens with one attached hydrogen (secondary N) is 2. The van der Waals surface area contributed by atoms with E-state index in [1.807, 2.05) is 5.38 Å². The normalized spacial score (nSPS) is 10.7. The number of hydrogen-bond donors (Lipinski definition) is 2. The molecule has 2 heterocycles. The van der Waals surface area contributed by atoms with Crippen LogP contribution in [0, 0.1) is 0 Å². The van der Waals surface area contributed by atoms with Gasteiger partial charge < -0.3 is 15.0 Å². The number of carbonyl (C=O) groups excluding carboxylic acids is 1. The lowest BCUT2D eigenvalue weighted by molar-refractivity contribution is -0.113. The molecule has 8 heteroatoms. The average molecular weight is 347 g/mol. The van der Waals surface area contributed by atoms with Crippen LogP contribution in [0.1, 0.15) is 0 Å². The fraction of sp³-hybridized carbons (Fsp3) is 0.133. The summed E-state index contributed by atoms with van der Waals surface area (Å²) >= 11 is 2.58. The molecule has 3 aromatic rings. The van der Waals surface area contributed by atoms with Crippen LogP contribution in [0.25, 0.3) is 10.2 Å². The molecule has 23 heavy (non-hydrogen) atoms. The zero-order valence-electron chi connectivity index (χ0n) is 12.2. The van der Waals surface area contributed by atoms with Crippen LogP contribution in [0.3, 0.4) is 0 Å². The maximum absolute atomic E-state index is 12.0. The monoisotopic (exact) mass is 347 g/mol. The first-order valence-electron chi connectivity index (χ1n) is 6.70.